The Morgan fingerprint density at radius 2 is 1.71 bits per heavy atom. The maximum atomic E-state index is 10.8. The van der Waals surface area contributed by atoms with E-state index >= 15 is 0 Å². The Hall–Kier alpha value is -1.39. The third-order valence-corrected chi connectivity index (χ3v) is 4.07. The second-order valence-corrected chi connectivity index (χ2v) is 5.81. The number of aliphatic carboxylic acids is 1. The van der Waals surface area contributed by atoms with Gasteiger partial charge in [0.05, 0.1) is 6.54 Å². The largest absolute Gasteiger partial charge is 0.480 e. The molecule has 0 unspecified atom stereocenters. The van der Waals surface area contributed by atoms with Crippen molar-refractivity contribution in [2.45, 2.75) is 25.7 Å². The molecular formula is C17H26N2O2. The third kappa shape index (κ3) is 6.27. The van der Waals surface area contributed by atoms with Crippen molar-refractivity contribution in [3.05, 3.63) is 35.9 Å². The first-order valence-electron chi connectivity index (χ1n) is 7.94. The summed E-state index contributed by atoms with van der Waals surface area (Å²) in [6.07, 6.45) is 4.67. The van der Waals surface area contributed by atoms with Gasteiger partial charge in [-0.05, 0) is 44.3 Å². The lowest BCUT2D eigenvalue weighted by molar-refractivity contribution is -0.138. The quantitative estimate of drug-likeness (QED) is 0.781. The van der Waals surface area contributed by atoms with E-state index in [1.54, 1.807) is 0 Å². The number of carbonyl (C=O) groups is 1. The molecular weight excluding hydrogens is 264 g/mol. The van der Waals surface area contributed by atoms with Crippen molar-refractivity contribution in [1.29, 1.82) is 0 Å². The minimum Gasteiger partial charge on any atom is -0.480 e. The van der Waals surface area contributed by atoms with Gasteiger partial charge in [-0.25, -0.2) is 0 Å². The summed E-state index contributed by atoms with van der Waals surface area (Å²) in [5, 5.41) is 8.85. The number of rotatable bonds is 7. The van der Waals surface area contributed by atoms with Crippen LogP contribution in [-0.2, 0) is 11.2 Å². The van der Waals surface area contributed by atoms with E-state index in [0.717, 1.165) is 45.6 Å². The van der Waals surface area contributed by atoms with Crippen LogP contribution in [0.4, 0.5) is 0 Å². The first-order chi connectivity index (χ1) is 10.2. The molecule has 1 aromatic rings. The molecule has 0 bridgehead atoms. The first-order valence-corrected chi connectivity index (χ1v) is 7.94. The van der Waals surface area contributed by atoms with E-state index in [-0.39, 0.29) is 6.54 Å². The lowest BCUT2D eigenvalue weighted by Crippen LogP contribution is -2.34. The van der Waals surface area contributed by atoms with Gasteiger partial charge in [-0.2, -0.15) is 0 Å². The molecule has 1 aromatic carbocycles. The maximum Gasteiger partial charge on any atom is 0.317 e. The van der Waals surface area contributed by atoms with Gasteiger partial charge in [-0.3, -0.25) is 9.69 Å². The van der Waals surface area contributed by atoms with Gasteiger partial charge in [-0.1, -0.05) is 30.3 Å². The minimum atomic E-state index is -0.716. The highest BCUT2D eigenvalue weighted by Gasteiger charge is 2.16. The highest BCUT2D eigenvalue weighted by atomic mass is 16.4. The average molecular weight is 290 g/mol. The zero-order valence-corrected chi connectivity index (χ0v) is 12.7. The molecule has 21 heavy (non-hydrogen) atoms. The number of hydrogen-bond donors (Lipinski definition) is 1. The lowest BCUT2D eigenvalue weighted by atomic mass is 10.1. The van der Waals surface area contributed by atoms with E-state index < -0.39 is 5.97 Å². The molecule has 0 saturated carbocycles. The van der Waals surface area contributed by atoms with Crippen LogP contribution in [0, 0.1) is 0 Å². The number of carboxylic acids is 1. The van der Waals surface area contributed by atoms with Crippen LogP contribution in [0.5, 0.6) is 0 Å². The van der Waals surface area contributed by atoms with E-state index in [9.17, 15) is 4.79 Å². The highest BCUT2D eigenvalue weighted by Crippen LogP contribution is 2.08. The van der Waals surface area contributed by atoms with Gasteiger partial charge >= 0.3 is 5.97 Å². The van der Waals surface area contributed by atoms with Crippen molar-refractivity contribution in [1.82, 2.24) is 9.80 Å². The molecule has 1 aliphatic rings. The van der Waals surface area contributed by atoms with Gasteiger partial charge in [0.25, 0.3) is 0 Å². The van der Waals surface area contributed by atoms with Crippen molar-refractivity contribution in [3.8, 4) is 0 Å². The molecule has 0 spiro atoms. The molecule has 0 radical (unpaired) electrons. The van der Waals surface area contributed by atoms with Crippen molar-refractivity contribution in [2.75, 3.05) is 39.3 Å². The summed E-state index contributed by atoms with van der Waals surface area (Å²) < 4.78 is 0. The van der Waals surface area contributed by atoms with Crippen LogP contribution < -0.4 is 0 Å². The zero-order chi connectivity index (χ0) is 14.9. The SMILES string of the molecule is O=C(O)CN1CCCN(CCCCc2ccccc2)CC1. The molecule has 0 aromatic heterocycles. The van der Waals surface area contributed by atoms with Crippen LogP contribution in [0.15, 0.2) is 30.3 Å². The van der Waals surface area contributed by atoms with Crippen molar-refractivity contribution in [2.24, 2.45) is 0 Å². The Bertz CT molecular complexity index is 422. The molecule has 4 heteroatoms. The number of unbranched alkanes of at least 4 members (excludes halogenated alkanes) is 1. The number of carboxylic acid groups (broad SMARTS) is 1. The number of benzene rings is 1. The summed E-state index contributed by atoms with van der Waals surface area (Å²) in [5.74, 6) is -0.716. The van der Waals surface area contributed by atoms with E-state index in [2.05, 4.69) is 35.2 Å². The zero-order valence-electron chi connectivity index (χ0n) is 12.7. The summed E-state index contributed by atoms with van der Waals surface area (Å²) in [7, 11) is 0. The van der Waals surface area contributed by atoms with Crippen molar-refractivity contribution >= 4 is 5.97 Å². The molecule has 0 amide bonds. The predicted molar refractivity (Wildman–Crippen MR) is 84.5 cm³/mol. The van der Waals surface area contributed by atoms with Gasteiger partial charge in [0.2, 0.25) is 0 Å². The van der Waals surface area contributed by atoms with Crippen LogP contribution in [0.25, 0.3) is 0 Å². The summed E-state index contributed by atoms with van der Waals surface area (Å²) in [6.45, 7) is 5.20. The first kappa shape index (κ1) is 16.0. The fraction of sp³-hybridized carbons (Fsp3) is 0.588. The molecule has 1 fully saturated rings. The lowest BCUT2D eigenvalue weighted by Gasteiger charge is -2.20. The van der Waals surface area contributed by atoms with E-state index in [4.69, 9.17) is 5.11 Å². The molecule has 1 heterocycles. The number of aryl methyl sites for hydroxylation is 1. The number of nitrogens with zero attached hydrogens (tertiary/aromatic N) is 2. The van der Waals surface area contributed by atoms with Gasteiger partial charge in [0.15, 0.2) is 0 Å². The Morgan fingerprint density at radius 1 is 1.00 bits per heavy atom. The van der Waals surface area contributed by atoms with Gasteiger partial charge < -0.3 is 10.0 Å². The predicted octanol–water partition coefficient (Wildman–Crippen LogP) is 2.10. The smallest absolute Gasteiger partial charge is 0.317 e. The molecule has 1 N–H and O–H groups in total. The second kappa shape index (κ2) is 8.80. The molecule has 2 rings (SSSR count). The normalized spacial score (nSPS) is 17.5. The Morgan fingerprint density at radius 3 is 2.48 bits per heavy atom. The van der Waals surface area contributed by atoms with E-state index in [1.807, 2.05) is 4.90 Å². The Kier molecular flexibility index (Phi) is 6.70. The molecule has 1 aliphatic heterocycles. The van der Waals surface area contributed by atoms with Crippen molar-refractivity contribution < 1.29 is 9.90 Å². The monoisotopic (exact) mass is 290 g/mol. The summed E-state index contributed by atoms with van der Waals surface area (Å²) in [4.78, 5) is 15.3. The fourth-order valence-electron chi connectivity index (χ4n) is 2.91. The number of hydrogen-bond acceptors (Lipinski definition) is 3. The maximum absolute atomic E-state index is 10.8. The van der Waals surface area contributed by atoms with E-state index in [1.165, 1.54) is 18.4 Å². The van der Waals surface area contributed by atoms with E-state index in [0.29, 0.717) is 0 Å². The average Bonchev–Trinajstić information content (AvgIpc) is 2.70. The van der Waals surface area contributed by atoms with Crippen LogP contribution >= 0.6 is 0 Å². The molecule has 4 nitrogen and oxygen atoms in total. The Labute approximate surface area is 127 Å². The van der Waals surface area contributed by atoms with Crippen LogP contribution in [0.2, 0.25) is 0 Å². The third-order valence-electron chi connectivity index (χ3n) is 4.07. The topological polar surface area (TPSA) is 43.8 Å². The van der Waals surface area contributed by atoms with Crippen LogP contribution in [0.3, 0.4) is 0 Å². The summed E-state index contributed by atoms with van der Waals surface area (Å²) >= 11 is 0. The van der Waals surface area contributed by atoms with Crippen LogP contribution in [0.1, 0.15) is 24.8 Å². The van der Waals surface area contributed by atoms with Gasteiger partial charge in [0.1, 0.15) is 0 Å². The fourth-order valence-corrected chi connectivity index (χ4v) is 2.91. The molecule has 0 atom stereocenters. The molecule has 0 aliphatic carbocycles. The Balaban J connectivity index is 1.61. The molecule has 116 valence electrons. The summed E-state index contributed by atoms with van der Waals surface area (Å²) in [6, 6.07) is 10.6. The van der Waals surface area contributed by atoms with Gasteiger partial charge in [0, 0.05) is 19.6 Å². The highest BCUT2D eigenvalue weighted by molar-refractivity contribution is 5.69. The molecule has 1 saturated heterocycles. The summed E-state index contributed by atoms with van der Waals surface area (Å²) in [5.41, 5.74) is 1.42. The minimum absolute atomic E-state index is 0.182. The van der Waals surface area contributed by atoms with Crippen LogP contribution in [-0.4, -0.2) is 60.1 Å². The van der Waals surface area contributed by atoms with Crippen molar-refractivity contribution in [3.63, 3.8) is 0 Å². The second-order valence-electron chi connectivity index (χ2n) is 5.81. The standard InChI is InChI=1S/C17H26N2O2/c20-17(21)15-19-12-6-11-18(13-14-19)10-5-4-9-16-7-2-1-3-8-16/h1-3,7-8H,4-6,9-15H2,(H,20,21). The van der Waals surface area contributed by atoms with Gasteiger partial charge in [-0.15, -0.1) is 0 Å².